The molecule has 0 aliphatic carbocycles. The number of aromatic nitrogens is 1. The highest BCUT2D eigenvalue weighted by atomic mass is 32.1. The third-order valence-electron chi connectivity index (χ3n) is 4.01. The molecule has 3 rings (SSSR count). The fourth-order valence-corrected chi connectivity index (χ4v) is 4.06. The predicted octanol–water partition coefficient (Wildman–Crippen LogP) is 3.43. The molecule has 0 bridgehead atoms. The minimum absolute atomic E-state index is 0.0253. The van der Waals surface area contributed by atoms with E-state index in [2.05, 4.69) is 4.98 Å². The zero-order chi connectivity index (χ0) is 17.3. The smallest absolute Gasteiger partial charge is 0.266 e. The van der Waals surface area contributed by atoms with Gasteiger partial charge in [0.05, 0.1) is 22.9 Å². The minimum atomic E-state index is -0.250. The summed E-state index contributed by atoms with van der Waals surface area (Å²) in [5, 5.41) is 0.872. The molecule has 6 heteroatoms. The average molecular weight is 348 g/mol. The Bertz CT molecular complexity index is 719. The summed E-state index contributed by atoms with van der Waals surface area (Å²) in [7, 11) is 0. The van der Waals surface area contributed by atoms with Gasteiger partial charge in [-0.15, -0.1) is 11.3 Å². The number of morpholine rings is 1. The van der Waals surface area contributed by atoms with Crippen molar-refractivity contribution in [3.8, 4) is 0 Å². The Morgan fingerprint density at radius 3 is 2.54 bits per heavy atom. The maximum Gasteiger partial charge on any atom is 0.266 e. The fraction of sp³-hybridized carbons (Fsp3) is 0.444. The van der Waals surface area contributed by atoms with E-state index in [-0.39, 0.29) is 23.9 Å². The van der Waals surface area contributed by atoms with Gasteiger partial charge in [-0.1, -0.05) is 12.1 Å². The van der Waals surface area contributed by atoms with Crippen LogP contribution in [0.15, 0.2) is 24.3 Å². The zero-order valence-corrected chi connectivity index (χ0v) is 14.9. The Balaban J connectivity index is 1.75. The standard InChI is InChI=1S/C18H21FN2O2S/c1-11-9-21(10-12(2)23-11)18(22)17-13(3)20-16(24-17)8-14-4-6-15(19)7-5-14/h4-7,11-12H,8-10H2,1-3H3. The highest BCUT2D eigenvalue weighted by Crippen LogP contribution is 2.24. The van der Waals surface area contributed by atoms with Gasteiger partial charge in [0.15, 0.2) is 0 Å². The van der Waals surface area contributed by atoms with E-state index in [1.165, 1.54) is 23.5 Å². The lowest BCUT2D eigenvalue weighted by atomic mass is 10.1. The number of halogens is 1. The largest absolute Gasteiger partial charge is 0.372 e. The molecule has 2 heterocycles. The number of rotatable bonds is 3. The maximum atomic E-state index is 13.0. The van der Waals surface area contributed by atoms with Gasteiger partial charge in [-0.05, 0) is 38.5 Å². The molecule has 2 unspecified atom stereocenters. The molecule has 0 saturated carbocycles. The molecule has 1 amide bonds. The van der Waals surface area contributed by atoms with Gasteiger partial charge in [0.2, 0.25) is 0 Å². The number of benzene rings is 1. The lowest BCUT2D eigenvalue weighted by molar-refractivity contribution is -0.0585. The van der Waals surface area contributed by atoms with Gasteiger partial charge >= 0.3 is 0 Å². The first kappa shape index (κ1) is 17.0. The summed E-state index contributed by atoms with van der Waals surface area (Å²) in [4.78, 5) is 19.9. The van der Waals surface area contributed by atoms with E-state index in [1.54, 1.807) is 12.1 Å². The summed E-state index contributed by atoms with van der Waals surface area (Å²) in [6.45, 7) is 7.04. The first-order chi connectivity index (χ1) is 11.4. The van der Waals surface area contributed by atoms with Crippen molar-refractivity contribution in [2.24, 2.45) is 0 Å². The summed E-state index contributed by atoms with van der Waals surface area (Å²) in [6.07, 6.45) is 0.698. The van der Waals surface area contributed by atoms with Crippen molar-refractivity contribution in [1.82, 2.24) is 9.88 Å². The van der Waals surface area contributed by atoms with Crippen LogP contribution in [0, 0.1) is 12.7 Å². The SMILES string of the molecule is Cc1nc(Cc2ccc(F)cc2)sc1C(=O)N1CC(C)OC(C)C1. The maximum absolute atomic E-state index is 13.0. The van der Waals surface area contributed by atoms with Gasteiger partial charge in [-0.2, -0.15) is 0 Å². The number of ether oxygens (including phenoxy) is 1. The quantitative estimate of drug-likeness (QED) is 0.853. The van der Waals surface area contributed by atoms with Crippen LogP contribution in [0.3, 0.4) is 0 Å². The molecule has 0 N–H and O–H groups in total. The van der Waals surface area contributed by atoms with Crippen LogP contribution in [-0.2, 0) is 11.2 Å². The summed E-state index contributed by atoms with van der Waals surface area (Å²) < 4.78 is 18.7. The minimum Gasteiger partial charge on any atom is -0.372 e. The number of thiazole rings is 1. The third-order valence-corrected chi connectivity index (χ3v) is 5.16. The van der Waals surface area contributed by atoms with Crippen LogP contribution in [0.5, 0.6) is 0 Å². The topological polar surface area (TPSA) is 42.4 Å². The van der Waals surface area contributed by atoms with E-state index in [1.807, 2.05) is 25.7 Å². The monoisotopic (exact) mass is 348 g/mol. The Labute approximate surface area is 145 Å². The van der Waals surface area contributed by atoms with Crippen LogP contribution in [0.2, 0.25) is 0 Å². The Hall–Kier alpha value is -1.79. The van der Waals surface area contributed by atoms with Gasteiger partial charge < -0.3 is 9.64 Å². The van der Waals surface area contributed by atoms with Gasteiger partial charge in [-0.3, -0.25) is 4.79 Å². The molecule has 1 aliphatic rings. The molecule has 128 valence electrons. The van der Waals surface area contributed by atoms with Crippen molar-refractivity contribution >= 4 is 17.2 Å². The van der Waals surface area contributed by atoms with Crippen molar-refractivity contribution in [2.75, 3.05) is 13.1 Å². The van der Waals surface area contributed by atoms with Gasteiger partial charge in [0, 0.05) is 19.5 Å². The third kappa shape index (κ3) is 3.82. The Morgan fingerprint density at radius 1 is 1.29 bits per heavy atom. The van der Waals surface area contributed by atoms with Crippen LogP contribution in [0.25, 0.3) is 0 Å². The van der Waals surface area contributed by atoms with Crippen LogP contribution in [0.4, 0.5) is 4.39 Å². The summed E-state index contributed by atoms with van der Waals surface area (Å²) in [6, 6.07) is 6.38. The molecule has 4 nitrogen and oxygen atoms in total. The van der Waals surface area contributed by atoms with E-state index in [0.29, 0.717) is 24.4 Å². The number of carbonyl (C=O) groups excluding carboxylic acids is 1. The van der Waals surface area contributed by atoms with Gasteiger partial charge in [0.1, 0.15) is 10.7 Å². The normalized spacial score (nSPS) is 21.1. The molecule has 0 spiro atoms. The average Bonchev–Trinajstić information content (AvgIpc) is 2.88. The van der Waals surface area contributed by atoms with Gasteiger partial charge in [-0.25, -0.2) is 9.37 Å². The number of carbonyl (C=O) groups is 1. The van der Waals surface area contributed by atoms with E-state index in [4.69, 9.17) is 4.74 Å². The molecule has 1 aromatic carbocycles. The van der Waals surface area contributed by atoms with Crippen LogP contribution in [0.1, 0.15) is 39.8 Å². The molecule has 2 aromatic rings. The van der Waals surface area contributed by atoms with Crippen molar-refractivity contribution in [1.29, 1.82) is 0 Å². The molecular weight excluding hydrogens is 327 g/mol. The first-order valence-corrected chi connectivity index (χ1v) is 8.89. The molecule has 0 radical (unpaired) electrons. The van der Waals surface area contributed by atoms with Crippen molar-refractivity contribution in [3.63, 3.8) is 0 Å². The number of hydrogen-bond acceptors (Lipinski definition) is 4. The molecule has 1 fully saturated rings. The zero-order valence-electron chi connectivity index (χ0n) is 14.1. The number of nitrogens with zero attached hydrogens (tertiary/aromatic N) is 2. The van der Waals surface area contributed by atoms with Crippen molar-refractivity contribution in [3.05, 3.63) is 51.2 Å². The molecular formula is C18H21FN2O2S. The van der Waals surface area contributed by atoms with Crippen molar-refractivity contribution < 1.29 is 13.9 Å². The fourth-order valence-electron chi connectivity index (χ4n) is 2.99. The lowest BCUT2D eigenvalue weighted by Crippen LogP contribution is -2.48. The van der Waals surface area contributed by atoms with Crippen molar-refractivity contribution in [2.45, 2.75) is 39.4 Å². The highest BCUT2D eigenvalue weighted by molar-refractivity contribution is 7.13. The molecule has 2 atom stereocenters. The molecule has 1 saturated heterocycles. The highest BCUT2D eigenvalue weighted by Gasteiger charge is 2.28. The predicted molar refractivity (Wildman–Crippen MR) is 92.0 cm³/mol. The second-order valence-electron chi connectivity index (χ2n) is 6.29. The molecule has 1 aromatic heterocycles. The number of hydrogen-bond donors (Lipinski definition) is 0. The summed E-state index contributed by atoms with van der Waals surface area (Å²) in [5.74, 6) is -0.224. The Kier molecular flexibility index (Phi) is 4.96. The number of amides is 1. The molecule has 1 aliphatic heterocycles. The summed E-state index contributed by atoms with van der Waals surface area (Å²) >= 11 is 1.43. The molecule has 24 heavy (non-hydrogen) atoms. The Morgan fingerprint density at radius 2 is 1.92 bits per heavy atom. The van der Waals surface area contributed by atoms with E-state index in [9.17, 15) is 9.18 Å². The van der Waals surface area contributed by atoms with Crippen LogP contribution < -0.4 is 0 Å². The first-order valence-electron chi connectivity index (χ1n) is 8.08. The van der Waals surface area contributed by atoms with Crippen LogP contribution >= 0.6 is 11.3 Å². The van der Waals surface area contributed by atoms with E-state index >= 15 is 0 Å². The number of aryl methyl sites for hydroxylation is 1. The lowest BCUT2D eigenvalue weighted by Gasteiger charge is -2.35. The second-order valence-corrected chi connectivity index (χ2v) is 7.38. The van der Waals surface area contributed by atoms with Crippen LogP contribution in [-0.4, -0.2) is 41.1 Å². The summed E-state index contributed by atoms with van der Waals surface area (Å²) in [5.41, 5.74) is 1.74. The second kappa shape index (κ2) is 6.99. The van der Waals surface area contributed by atoms with E-state index in [0.717, 1.165) is 16.3 Å². The van der Waals surface area contributed by atoms with Gasteiger partial charge in [0.25, 0.3) is 5.91 Å². The van der Waals surface area contributed by atoms with E-state index < -0.39 is 0 Å².